The minimum Gasteiger partial charge on any atom is -0.341 e. The van der Waals surface area contributed by atoms with E-state index in [4.69, 9.17) is 0 Å². The lowest BCUT2D eigenvalue weighted by Gasteiger charge is -1.95. The van der Waals surface area contributed by atoms with Crippen LogP contribution in [0.2, 0.25) is 0 Å². The largest absolute Gasteiger partial charge is 0.341 e. The Balaban J connectivity index is 2.46. The number of hydrogen-bond acceptors (Lipinski definition) is 3. The second-order valence-electron chi connectivity index (χ2n) is 2.96. The summed E-state index contributed by atoms with van der Waals surface area (Å²) < 4.78 is 0. The molecule has 2 aromatic rings. The molecule has 0 aliphatic carbocycles. The third kappa shape index (κ3) is 1.56. The van der Waals surface area contributed by atoms with Gasteiger partial charge in [-0.25, -0.2) is 15.0 Å². The molecule has 0 radical (unpaired) electrons. The van der Waals surface area contributed by atoms with E-state index in [-0.39, 0.29) is 0 Å². The summed E-state index contributed by atoms with van der Waals surface area (Å²) in [7, 11) is 0. The average molecular weight is 174 g/mol. The van der Waals surface area contributed by atoms with Crippen LogP contribution in [0.3, 0.4) is 0 Å². The van der Waals surface area contributed by atoms with Gasteiger partial charge >= 0.3 is 0 Å². The summed E-state index contributed by atoms with van der Waals surface area (Å²) >= 11 is 0. The summed E-state index contributed by atoms with van der Waals surface area (Å²) in [6, 6.07) is 1.90. The van der Waals surface area contributed by atoms with Crippen molar-refractivity contribution in [3.63, 3.8) is 0 Å². The van der Waals surface area contributed by atoms with Gasteiger partial charge in [-0.2, -0.15) is 0 Å². The first-order valence-corrected chi connectivity index (χ1v) is 4.06. The highest BCUT2D eigenvalue weighted by Gasteiger charge is 2.02. The van der Waals surface area contributed by atoms with Crippen LogP contribution in [-0.4, -0.2) is 19.9 Å². The number of aromatic amines is 1. The van der Waals surface area contributed by atoms with Crippen molar-refractivity contribution in [2.45, 2.75) is 13.8 Å². The molecule has 0 unspecified atom stereocenters. The Hall–Kier alpha value is -1.71. The number of rotatable bonds is 1. The first kappa shape index (κ1) is 7.91. The molecule has 4 heteroatoms. The molecule has 4 nitrogen and oxygen atoms in total. The molecule has 0 bridgehead atoms. The molecule has 2 heterocycles. The second-order valence-corrected chi connectivity index (χ2v) is 2.96. The summed E-state index contributed by atoms with van der Waals surface area (Å²) in [6.45, 7) is 3.89. The second kappa shape index (κ2) is 2.97. The minimum atomic E-state index is 0.794. The number of aryl methyl sites for hydroxylation is 2. The summed E-state index contributed by atoms with van der Waals surface area (Å²) in [6.07, 6.45) is 3.33. The number of nitrogens with one attached hydrogen (secondary N) is 1. The zero-order chi connectivity index (χ0) is 9.26. The maximum absolute atomic E-state index is 4.18. The Labute approximate surface area is 76.1 Å². The van der Waals surface area contributed by atoms with E-state index in [1.165, 1.54) is 0 Å². The van der Waals surface area contributed by atoms with Crippen molar-refractivity contribution in [1.29, 1.82) is 0 Å². The smallest absolute Gasteiger partial charge is 0.156 e. The molecular formula is C9H10N4. The van der Waals surface area contributed by atoms with E-state index in [0.717, 1.165) is 22.9 Å². The van der Waals surface area contributed by atoms with Gasteiger partial charge in [-0.1, -0.05) is 0 Å². The zero-order valence-corrected chi connectivity index (χ0v) is 7.57. The monoisotopic (exact) mass is 174 g/mol. The summed E-state index contributed by atoms with van der Waals surface area (Å²) in [5, 5.41) is 0. The fraction of sp³-hybridized carbons (Fsp3) is 0.222. The zero-order valence-electron chi connectivity index (χ0n) is 7.57. The Bertz CT molecular complexity index is 419. The molecule has 13 heavy (non-hydrogen) atoms. The van der Waals surface area contributed by atoms with Crippen LogP contribution >= 0.6 is 0 Å². The predicted molar refractivity (Wildman–Crippen MR) is 49.1 cm³/mol. The molecule has 2 aromatic heterocycles. The van der Waals surface area contributed by atoms with Gasteiger partial charge in [0.2, 0.25) is 0 Å². The molecule has 66 valence electrons. The van der Waals surface area contributed by atoms with E-state index in [0.29, 0.717) is 0 Å². The van der Waals surface area contributed by atoms with E-state index in [1.54, 1.807) is 12.5 Å². The van der Waals surface area contributed by atoms with Crippen molar-refractivity contribution < 1.29 is 0 Å². The fourth-order valence-corrected chi connectivity index (χ4v) is 1.13. The first-order valence-electron chi connectivity index (χ1n) is 4.06. The Kier molecular flexibility index (Phi) is 1.81. The average Bonchev–Trinajstić information content (AvgIpc) is 2.52. The number of aromatic nitrogens is 4. The van der Waals surface area contributed by atoms with Crippen LogP contribution in [-0.2, 0) is 0 Å². The molecule has 0 saturated carbocycles. The van der Waals surface area contributed by atoms with Gasteiger partial charge < -0.3 is 4.98 Å². The van der Waals surface area contributed by atoms with Crippen molar-refractivity contribution >= 4 is 0 Å². The third-order valence-corrected chi connectivity index (χ3v) is 1.75. The molecule has 0 aromatic carbocycles. The number of H-pyrrole nitrogens is 1. The van der Waals surface area contributed by atoms with E-state index >= 15 is 0 Å². The quantitative estimate of drug-likeness (QED) is 0.712. The van der Waals surface area contributed by atoms with Crippen LogP contribution in [0, 0.1) is 13.8 Å². The predicted octanol–water partition coefficient (Wildman–Crippen LogP) is 1.48. The summed E-state index contributed by atoms with van der Waals surface area (Å²) in [5.41, 5.74) is 2.81. The van der Waals surface area contributed by atoms with Gasteiger partial charge in [0, 0.05) is 17.6 Å². The molecule has 0 fully saturated rings. The van der Waals surface area contributed by atoms with Gasteiger partial charge in [-0.3, -0.25) is 0 Å². The first-order chi connectivity index (χ1) is 6.25. The lowest BCUT2D eigenvalue weighted by Crippen LogP contribution is -1.89. The maximum atomic E-state index is 4.18. The van der Waals surface area contributed by atoms with Crippen molar-refractivity contribution in [2.75, 3.05) is 0 Å². The van der Waals surface area contributed by atoms with E-state index in [2.05, 4.69) is 19.9 Å². The molecule has 0 saturated heterocycles. The number of imidazole rings is 1. The Morgan fingerprint density at radius 1 is 1.15 bits per heavy atom. The molecule has 0 aliphatic rings. The topological polar surface area (TPSA) is 54.5 Å². The van der Waals surface area contributed by atoms with E-state index in [9.17, 15) is 0 Å². The fourth-order valence-electron chi connectivity index (χ4n) is 1.13. The lowest BCUT2D eigenvalue weighted by atomic mass is 10.3. The van der Waals surface area contributed by atoms with Crippen molar-refractivity contribution in [1.82, 2.24) is 19.9 Å². The third-order valence-electron chi connectivity index (χ3n) is 1.75. The molecule has 2 rings (SSSR count). The van der Waals surface area contributed by atoms with Crippen LogP contribution < -0.4 is 0 Å². The van der Waals surface area contributed by atoms with Crippen LogP contribution in [0.15, 0.2) is 18.6 Å². The molecule has 0 amide bonds. The molecule has 1 N–H and O–H groups in total. The van der Waals surface area contributed by atoms with Crippen LogP contribution in [0.5, 0.6) is 0 Å². The molecule has 0 atom stereocenters. The van der Waals surface area contributed by atoms with Gasteiger partial charge in [0.15, 0.2) is 5.82 Å². The Morgan fingerprint density at radius 3 is 2.62 bits per heavy atom. The molecule has 0 aliphatic heterocycles. The van der Waals surface area contributed by atoms with E-state index < -0.39 is 0 Å². The minimum absolute atomic E-state index is 0.794. The highest BCUT2D eigenvalue weighted by atomic mass is 15.0. The number of nitrogens with zero attached hydrogens (tertiary/aromatic N) is 3. The van der Waals surface area contributed by atoms with Crippen molar-refractivity contribution in [3.8, 4) is 11.5 Å². The summed E-state index contributed by atoms with van der Waals surface area (Å²) in [4.78, 5) is 15.4. The lowest BCUT2D eigenvalue weighted by molar-refractivity contribution is 1.09. The van der Waals surface area contributed by atoms with Crippen LogP contribution in [0.25, 0.3) is 11.5 Å². The normalized spacial score (nSPS) is 10.3. The highest BCUT2D eigenvalue weighted by molar-refractivity contribution is 5.49. The van der Waals surface area contributed by atoms with Gasteiger partial charge in [-0.15, -0.1) is 0 Å². The van der Waals surface area contributed by atoms with E-state index in [1.807, 2.05) is 19.9 Å². The summed E-state index contributed by atoms with van der Waals surface area (Å²) in [5.74, 6) is 0.794. The standard InChI is InChI=1S/C9H10N4/c1-6-3-8(12-5-11-6)9-10-4-7(2)13-9/h3-5H,1-2H3,(H,10,13). The van der Waals surface area contributed by atoms with Crippen LogP contribution in [0.1, 0.15) is 11.4 Å². The SMILES string of the molecule is Cc1cc(-c2ncc(C)[nH]2)ncn1. The molecular weight excluding hydrogens is 164 g/mol. The number of hydrogen-bond donors (Lipinski definition) is 1. The maximum Gasteiger partial charge on any atom is 0.156 e. The van der Waals surface area contributed by atoms with Gasteiger partial charge in [-0.05, 0) is 19.9 Å². The van der Waals surface area contributed by atoms with Gasteiger partial charge in [0.25, 0.3) is 0 Å². The van der Waals surface area contributed by atoms with Crippen molar-refractivity contribution in [2.24, 2.45) is 0 Å². The highest BCUT2D eigenvalue weighted by Crippen LogP contribution is 2.11. The molecule has 0 spiro atoms. The Morgan fingerprint density at radius 2 is 2.00 bits per heavy atom. The van der Waals surface area contributed by atoms with Crippen molar-refractivity contribution in [3.05, 3.63) is 30.0 Å². The van der Waals surface area contributed by atoms with Gasteiger partial charge in [0.05, 0.1) is 0 Å². The van der Waals surface area contributed by atoms with Crippen LogP contribution in [0.4, 0.5) is 0 Å². The van der Waals surface area contributed by atoms with Gasteiger partial charge in [0.1, 0.15) is 12.0 Å².